The maximum absolute atomic E-state index is 11.8. The largest absolute Gasteiger partial charge is 0.356 e. The molecule has 0 spiro atoms. The Bertz CT molecular complexity index is 374. The standard InChI is InChI=1S/C13H20N4O/c1-2-6-14-12(18)11-4-9-17(10-5-11)13-15-7-3-8-16-13/h3,7-8,11H,2,4-6,9-10H2,1H3,(H,14,18). The predicted octanol–water partition coefficient (Wildman–Crippen LogP) is 1.22. The first kappa shape index (κ1) is 12.8. The van der Waals surface area contributed by atoms with Gasteiger partial charge in [0.2, 0.25) is 11.9 Å². The van der Waals surface area contributed by atoms with Crippen LogP contribution in [0, 0.1) is 5.92 Å². The van der Waals surface area contributed by atoms with Gasteiger partial charge in [-0.3, -0.25) is 4.79 Å². The summed E-state index contributed by atoms with van der Waals surface area (Å²) in [5.41, 5.74) is 0. The Morgan fingerprint density at radius 3 is 2.67 bits per heavy atom. The number of carbonyl (C=O) groups is 1. The molecule has 0 aromatic carbocycles. The molecule has 98 valence electrons. The highest BCUT2D eigenvalue weighted by Crippen LogP contribution is 2.20. The lowest BCUT2D eigenvalue weighted by atomic mass is 9.96. The maximum atomic E-state index is 11.8. The van der Waals surface area contributed by atoms with Crippen LogP contribution in [0.5, 0.6) is 0 Å². The van der Waals surface area contributed by atoms with Crippen molar-refractivity contribution in [1.29, 1.82) is 0 Å². The second kappa shape index (κ2) is 6.33. The maximum Gasteiger partial charge on any atom is 0.225 e. The van der Waals surface area contributed by atoms with Crippen LogP contribution in [0.1, 0.15) is 26.2 Å². The van der Waals surface area contributed by atoms with Crippen molar-refractivity contribution in [2.24, 2.45) is 5.92 Å². The van der Waals surface area contributed by atoms with Gasteiger partial charge < -0.3 is 10.2 Å². The Kier molecular flexibility index (Phi) is 4.50. The Hall–Kier alpha value is -1.65. The quantitative estimate of drug-likeness (QED) is 0.870. The zero-order valence-electron chi connectivity index (χ0n) is 10.8. The fourth-order valence-corrected chi connectivity index (χ4v) is 2.19. The van der Waals surface area contributed by atoms with Gasteiger partial charge in [0.15, 0.2) is 0 Å². The fourth-order valence-electron chi connectivity index (χ4n) is 2.19. The van der Waals surface area contributed by atoms with Gasteiger partial charge in [0.25, 0.3) is 0 Å². The predicted molar refractivity (Wildman–Crippen MR) is 70.3 cm³/mol. The van der Waals surface area contributed by atoms with Crippen molar-refractivity contribution in [2.45, 2.75) is 26.2 Å². The molecule has 2 rings (SSSR count). The molecule has 1 N–H and O–H groups in total. The summed E-state index contributed by atoms with van der Waals surface area (Å²) in [5.74, 6) is 1.12. The zero-order chi connectivity index (χ0) is 12.8. The normalized spacial score (nSPS) is 16.6. The van der Waals surface area contributed by atoms with Gasteiger partial charge in [-0.05, 0) is 25.3 Å². The molecule has 5 nitrogen and oxygen atoms in total. The summed E-state index contributed by atoms with van der Waals surface area (Å²) in [6.45, 7) is 4.55. The topological polar surface area (TPSA) is 58.1 Å². The van der Waals surface area contributed by atoms with E-state index in [1.54, 1.807) is 12.4 Å². The van der Waals surface area contributed by atoms with Crippen molar-refractivity contribution < 1.29 is 4.79 Å². The Labute approximate surface area is 108 Å². The van der Waals surface area contributed by atoms with Crippen LogP contribution in [0.3, 0.4) is 0 Å². The summed E-state index contributed by atoms with van der Waals surface area (Å²) in [6, 6.07) is 1.81. The van der Waals surface area contributed by atoms with E-state index in [0.717, 1.165) is 44.8 Å². The van der Waals surface area contributed by atoms with Gasteiger partial charge in [-0.25, -0.2) is 9.97 Å². The third-order valence-corrected chi connectivity index (χ3v) is 3.25. The average Bonchev–Trinajstić information content (AvgIpc) is 2.46. The van der Waals surface area contributed by atoms with Crippen molar-refractivity contribution in [2.75, 3.05) is 24.5 Å². The summed E-state index contributed by atoms with van der Waals surface area (Å²) in [6.07, 6.45) is 6.26. The molecule has 0 unspecified atom stereocenters. The van der Waals surface area contributed by atoms with E-state index >= 15 is 0 Å². The minimum Gasteiger partial charge on any atom is -0.356 e. The number of aromatic nitrogens is 2. The molecule has 0 aliphatic carbocycles. The molecule has 0 saturated carbocycles. The van der Waals surface area contributed by atoms with E-state index in [1.807, 2.05) is 6.07 Å². The van der Waals surface area contributed by atoms with E-state index in [-0.39, 0.29) is 11.8 Å². The highest BCUT2D eigenvalue weighted by atomic mass is 16.1. The lowest BCUT2D eigenvalue weighted by Crippen LogP contribution is -2.41. The molecule has 0 atom stereocenters. The summed E-state index contributed by atoms with van der Waals surface area (Å²) in [4.78, 5) is 22.5. The van der Waals surface area contributed by atoms with Crippen LogP contribution in [0.2, 0.25) is 0 Å². The molecular weight excluding hydrogens is 228 g/mol. The van der Waals surface area contributed by atoms with Gasteiger partial charge in [0.05, 0.1) is 0 Å². The minimum absolute atomic E-state index is 0.150. The van der Waals surface area contributed by atoms with Crippen LogP contribution in [0.25, 0.3) is 0 Å². The van der Waals surface area contributed by atoms with Gasteiger partial charge >= 0.3 is 0 Å². The summed E-state index contributed by atoms with van der Waals surface area (Å²) < 4.78 is 0. The molecule has 1 fully saturated rings. The van der Waals surface area contributed by atoms with Crippen molar-refractivity contribution in [3.63, 3.8) is 0 Å². The number of piperidine rings is 1. The molecule has 1 aromatic rings. The van der Waals surface area contributed by atoms with E-state index < -0.39 is 0 Å². The monoisotopic (exact) mass is 248 g/mol. The van der Waals surface area contributed by atoms with E-state index in [1.165, 1.54) is 0 Å². The first-order chi connectivity index (χ1) is 8.81. The molecule has 1 aliphatic rings. The Morgan fingerprint density at radius 2 is 2.06 bits per heavy atom. The summed E-state index contributed by atoms with van der Waals surface area (Å²) >= 11 is 0. The van der Waals surface area contributed by atoms with E-state index in [2.05, 4.69) is 27.1 Å². The number of hydrogen-bond acceptors (Lipinski definition) is 4. The fraction of sp³-hybridized carbons (Fsp3) is 0.615. The van der Waals surface area contributed by atoms with Gasteiger partial charge in [0, 0.05) is 37.9 Å². The summed E-state index contributed by atoms with van der Waals surface area (Å²) in [7, 11) is 0. The van der Waals surface area contributed by atoms with Crippen LogP contribution in [0.15, 0.2) is 18.5 Å². The molecule has 18 heavy (non-hydrogen) atoms. The number of nitrogens with zero attached hydrogens (tertiary/aromatic N) is 3. The van der Waals surface area contributed by atoms with Gasteiger partial charge in [-0.1, -0.05) is 6.92 Å². The Morgan fingerprint density at radius 1 is 1.39 bits per heavy atom. The van der Waals surface area contributed by atoms with Crippen LogP contribution < -0.4 is 10.2 Å². The van der Waals surface area contributed by atoms with E-state index in [9.17, 15) is 4.79 Å². The number of carbonyl (C=O) groups excluding carboxylic acids is 1. The van der Waals surface area contributed by atoms with Crippen molar-refractivity contribution in [1.82, 2.24) is 15.3 Å². The Balaban J connectivity index is 1.83. The average molecular weight is 248 g/mol. The van der Waals surface area contributed by atoms with E-state index in [4.69, 9.17) is 0 Å². The molecule has 0 bridgehead atoms. The van der Waals surface area contributed by atoms with Crippen LogP contribution in [-0.4, -0.2) is 35.5 Å². The van der Waals surface area contributed by atoms with Gasteiger partial charge in [0.1, 0.15) is 0 Å². The molecule has 0 radical (unpaired) electrons. The third kappa shape index (κ3) is 3.18. The van der Waals surface area contributed by atoms with E-state index in [0.29, 0.717) is 0 Å². The lowest BCUT2D eigenvalue weighted by molar-refractivity contribution is -0.125. The second-order valence-corrected chi connectivity index (χ2v) is 4.60. The molecule has 1 amide bonds. The van der Waals surface area contributed by atoms with Crippen molar-refractivity contribution in [3.05, 3.63) is 18.5 Å². The number of amides is 1. The minimum atomic E-state index is 0.150. The smallest absolute Gasteiger partial charge is 0.225 e. The highest BCUT2D eigenvalue weighted by molar-refractivity contribution is 5.78. The summed E-state index contributed by atoms with van der Waals surface area (Å²) in [5, 5.41) is 2.97. The molecule has 5 heteroatoms. The lowest BCUT2D eigenvalue weighted by Gasteiger charge is -2.31. The second-order valence-electron chi connectivity index (χ2n) is 4.60. The number of rotatable bonds is 4. The number of anilines is 1. The first-order valence-electron chi connectivity index (χ1n) is 6.61. The molecule has 1 aliphatic heterocycles. The molecule has 2 heterocycles. The van der Waals surface area contributed by atoms with Crippen LogP contribution >= 0.6 is 0 Å². The van der Waals surface area contributed by atoms with Crippen molar-refractivity contribution >= 4 is 11.9 Å². The molecule has 1 saturated heterocycles. The molecule has 1 aromatic heterocycles. The van der Waals surface area contributed by atoms with Gasteiger partial charge in [-0.15, -0.1) is 0 Å². The van der Waals surface area contributed by atoms with Crippen LogP contribution in [-0.2, 0) is 4.79 Å². The zero-order valence-corrected chi connectivity index (χ0v) is 10.8. The number of hydrogen-bond donors (Lipinski definition) is 1. The van der Waals surface area contributed by atoms with Crippen molar-refractivity contribution in [3.8, 4) is 0 Å². The molecular formula is C13H20N4O. The third-order valence-electron chi connectivity index (χ3n) is 3.25. The van der Waals surface area contributed by atoms with Crippen LogP contribution in [0.4, 0.5) is 5.95 Å². The first-order valence-corrected chi connectivity index (χ1v) is 6.61. The van der Waals surface area contributed by atoms with Gasteiger partial charge in [-0.2, -0.15) is 0 Å². The SMILES string of the molecule is CCCNC(=O)C1CCN(c2ncccn2)CC1. The highest BCUT2D eigenvalue weighted by Gasteiger charge is 2.25. The number of nitrogens with one attached hydrogen (secondary N) is 1.